The number of rotatable bonds is 4. The van der Waals surface area contributed by atoms with Crippen LogP contribution in [0.1, 0.15) is 42.9 Å². The summed E-state index contributed by atoms with van der Waals surface area (Å²) in [6.45, 7) is 6.85. The lowest BCUT2D eigenvalue weighted by Crippen LogP contribution is -2.55. The molecule has 0 saturated carbocycles. The molecule has 0 N–H and O–H groups in total. The summed E-state index contributed by atoms with van der Waals surface area (Å²) in [4.78, 5) is 38.0. The molecule has 1 spiro atoms. The second-order valence-corrected chi connectivity index (χ2v) is 7.55. The summed E-state index contributed by atoms with van der Waals surface area (Å²) in [6, 6.07) is 3.55. The van der Waals surface area contributed by atoms with Gasteiger partial charge in [-0.25, -0.2) is 4.98 Å². The number of ether oxygens (including phenoxy) is 1. The van der Waals surface area contributed by atoms with Gasteiger partial charge in [0.2, 0.25) is 0 Å². The highest BCUT2D eigenvalue weighted by Crippen LogP contribution is 2.40. The highest BCUT2D eigenvalue weighted by atomic mass is 16.5. The Labute approximate surface area is 170 Å². The molecule has 154 valence electrons. The van der Waals surface area contributed by atoms with Crippen molar-refractivity contribution < 1.29 is 14.3 Å². The molecule has 0 aliphatic carbocycles. The molecule has 1 atom stereocenters. The Hall–Kier alpha value is -2.74. The largest absolute Gasteiger partial charge is 0.352 e. The summed E-state index contributed by atoms with van der Waals surface area (Å²) in [5, 5.41) is 0. The van der Waals surface area contributed by atoms with Gasteiger partial charge in [0.1, 0.15) is 11.4 Å². The number of amides is 2. The predicted octanol–water partition coefficient (Wildman–Crippen LogP) is 1.68. The zero-order chi connectivity index (χ0) is 20.4. The minimum atomic E-state index is -0.638. The Morgan fingerprint density at radius 1 is 1.24 bits per heavy atom. The van der Waals surface area contributed by atoms with Crippen molar-refractivity contribution in [1.82, 2.24) is 24.3 Å². The molecule has 2 aliphatic heterocycles. The Morgan fingerprint density at radius 3 is 2.66 bits per heavy atom. The van der Waals surface area contributed by atoms with Crippen LogP contribution in [0.4, 0.5) is 0 Å². The van der Waals surface area contributed by atoms with E-state index in [2.05, 4.69) is 9.97 Å². The zero-order valence-electron chi connectivity index (χ0n) is 17.0. The summed E-state index contributed by atoms with van der Waals surface area (Å²) in [5.41, 5.74) is -0.0508. The van der Waals surface area contributed by atoms with E-state index in [0.29, 0.717) is 51.1 Å². The van der Waals surface area contributed by atoms with Gasteiger partial charge < -0.3 is 19.1 Å². The molecule has 8 nitrogen and oxygen atoms in total. The van der Waals surface area contributed by atoms with Gasteiger partial charge in [-0.15, -0.1) is 0 Å². The second kappa shape index (κ2) is 7.94. The van der Waals surface area contributed by atoms with Gasteiger partial charge in [0.15, 0.2) is 6.10 Å². The van der Waals surface area contributed by atoms with Crippen molar-refractivity contribution in [2.75, 3.05) is 26.2 Å². The van der Waals surface area contributed by atoms with Crippen LogP contribution in [0.15, 0.2) is 36.9 Å². The molecule has 2 aromatic rings. The van der Waals surface area contributed by atoms with E-state index in [4.69, 9.17) is 4.74 Å². The van der Waals surface area contributed by atoms with Crippen molar-refractivity contribution >= 4 is 11.8 Å². The molecule has 1 saturated heterocycles. The first-order valence-corrected chi connectivity index (χ1v) is 10.3. The van der Waals surface area contributed by atoms with E-state index in [1.54, 1.807) is 35.6 Å². The number of pyridine rings is 1. The second-order valence-electron chi connectivity index (χ2n) is 7.55. The third-order valence-corrected chi connectivity index (χ3v) is 5.97. The molecule has 1 fully saturated rings. The third-order valence-electron chi connectivity index (χ3n) is 5.97. The van der Waals surface area contributed by atoms with Gasteiger partial charge in [-0.2, -0.15) is 0 Å². The van der Waals surface area contributed by atoms with Crippen molar-refractivity contribution in [3.8, 4) is 0 Å². The van der Waals surface area contributed by atoms with E-state index in [-0.39, 0.29) is 11.8 Å². The lowest BCUT2D eigenvalue weighted by atomic mass is 9.88. The molecule has 0 radical (unpaired) electrons. The first-order chi connectivity index (χ1) is 14.1. The maximum atomic E-state index is 13.0. The van der Waals surface area contributed by atoms with Gasteiger partial charge in [-0.3, -0.25) is 14.6 Å². The fraction of sp³-hybridized carbons (Fsp3) is 0.524. The lowest BCUT2D eigenvalue weighted by Gasteiger charge is -2.46. The van der Waals surface area contributed by atoms with Crippen LogP contribution in [-0.4, -0.2) is 68.4 Å². The summed E-state index contributed by atoms with van der Waals surface area (Å²) in [6.07, 6.45) is 7.61. The topological polar surface area (TPSA) is 80.6 Å². The van der Waals surface area contributed by atoms with Gasteiger partial charge in [-0.05, 0) is 26.0 Å². The van der Waals surface area contributed by atoms with E-state index in [1.165, 1.54) is 0 Å². The number of carbonyl (C=O) groups is 2. The number of likely N-dealkylation sites (tertiary alicyclic amines) is 1. The molecule has 4 rings (SSSR count). The van der Waals surface area contributed by atoms with E-state index in [9.17, 15) is 9.59 Å². The van der Waals surface area contributed by atoms with Crippen molar-refractivity contribution in [3.63, 3.8) is 0 Å². The Balaban J connectivity index is 1.53. The maximum Gasteiger partial charge on any atom is 0.255 e. The fourth-order valence-corrected chi connectivity index (χ4v) is 4.35. The van der Waals surface area contributed by atoms with Crippen LogP contribution in [0.2, 0.25) is 0 Å². The first kappa shape index (κ1) is 19.6. The summed E-state index contributed by atoms with van der Waals surface area (Å²) in [7, 11) is 0. The SMILES string of the molecule is CCN(CC)C(=O)[C@@H]1Cn2ccnc2C2(CCN(C(=O)c3cccnc3)CC2)O1. The molecule has 0 aromatic carbocycles. The van der Waals surface area contributed by atoms with Crippen LogP contribution in [0, 0.1) is 0 Å². The van der Waals surface area contributed by atoms with E-state index >= 15 is 0 Å². The number of carbonyl (C=O) groups excluding carboxylic acids is 2. The number of piperidine rings is 1. The predicted molar refractivity (Wildman–Crippen MR) is 106 cm³/mol. The molecule has 29 heavy (non-hydrogen) atoms. The smallest absolute Gasteiger partial charge is 0.255 e. The summed E-state index contributed by atoms with van der Waals surface area (Å²) < 4.78 is 8.49. The molecule has 4 heterocycles. The van der Waals surface area contributed by atoms with Crippen LogP contribution in [-0.2, 0) is 21.7 Å². The minimum absolute atomic E-state index is 0.0163. The van der Waals surface area contributed by atoms with Crippen molar-refractivity contribution in [1.29, 1.82) is 0 Å². The normalized spacial score (nSPS) is 20.3. The third kappa shape index (κ3) is 3.53. The number of aromatic nitrogens is 3. The van der Waals surface area contributed by atoms with Crippen molar-refractivity contribution in [2.24, 2.45) is 0 Å². The van der Waals surface area contributed by atoms with Crippen molar-refractivity contribution in [3.05, 3.63) is 48.3 Å². The van der Waals surface area contributed by atoms with Gasteiger partial charge in [0, 0.05) is 63.8 Å². The number of fused-ring (bicyclic) bond motifs is 2. The van der Waals surface area contributed by atoms with Crippen LogP contribution in [0.5, 0.6) is 0 Å². The van der Waals surface area contributed by atoms with E-state index in [1.807, 2.05) is 29.5 Å². The molecular formula is C21H27N5O3. The maximum absolute atomic E-state index is 13.0. The summed E-state index contributed by atoms with van der Waals surface area (Å²) >= 11 is 0. The highest BCUT2D eigenvalue weighted by molar-refractivity contribution is 5.93. The van der Waals surface area contributed by atoms with E-state index < -0.39 is 11.7 Å². The number of likely N-dealkylation sites (N-methyl/N-ethyl adjacent to an activating group) is 1. The highest BCUT2D eigenvalue weighted by Gasteiger charge is 2.48. The number of hydrogen-bond acceptors (Lipinski definition) is 5. The lowest BCUT2D eigenvalue weighted by molar-refractivity contribution is -0.179. The molecule has 2 aliphatic rings. The van der Waals surface area contributed by atoms with Crippen LogP contribution < -0.4 is 0 Å². The average molecular weight is 397 g/mol. The molecule has 2 amide bonds. The molecular weight excluding hydrogens is 370 g/mol. The van der Waals surface area contributed by atoms with Gasteiger partial charge in [-0.1, -0.05) is 0 Å². The first-order valence-electron chi connectivity index (χ1n) is 10.3. The van der Waals surface area contributed by atoms with Crippen LogP contribution >= 0.6 is 0 Å². The number of hydrogen-bond donors (Lipinski definition) is 0. The van der Waals surface area contributed by atoms with Gasteiger partial charge >= 0.3 is 0 Å². The standard InChI is InChI=1S/C21H27N5O3/c1-3-24(4-2)19(28)17-15-26-13-10-23-20(26)21(29-17)7-11-25(12-8-21)18(27)16-6-5-9-22-14-16/h5-6,9-10,13-14,17H,3-4,7-8,11-12,15H2,1-2H3/t17-/m0/s1. The summed E-state index contributed by atoms with van der Waals surface area (Å²) in [5.74, 6) is 0.847. The molecule has 8 heteroatoms. The Morgan fingerprint density at radius 2 is 2.00 bits per heavy atom. The number of imidazole rings is 1. The zero-order valence-corrected chi connectivity index (χ0v) is 17.0. The number of nitrogens with zero attached hydrogens (tertiary/aromatic N) is 5. The van der Waals surface area contributed by atoms with Gasteiger partial charge in [0.25, 0.3) is 11.8 Å². The quantitative estimate of drug-likeness (QED) is 0.784. The Bertz CT molecular complexity index is 869. The monoisotopic (exact) mass is 397 g/mol. The average Bonchev–Trinajstić information content (AvgIpc) is 3.25. The fourth-order valence-electron chi connectivity index (χ4n) is 4.35. The molecule has 2 aromatic heterocycles. The molecule has 0 unspecified atom stereocenters. The minimum Gasteiger partial charge on any atom is -0.352 e. The van der Waals surface area contributed by atoms with E-state index in [0.717, 1.165) is 5.82 Å². The molecule has 0 bridgehead atoms. The van der Waals surface area contributed by atoms with Crippen LogP contribution in [0.25, 0.3) is 0 Å². The van der Waals surface area contributed by atoms with Gasteiger partial charge in [0.05, 0.1) is 12.1 Å². The van der Waals surface area contributed by atoms with Crippen molar-refractivity contribution in [2.45, 2.75) is 44.9 Å². The van der Waals surface area contributed by atoms with Crippen LogP contribution in [0.3, 0.4) is 0 Å². The Kier molecular flexibility index (Phi) is 5.36.